The highest BCUT2D eigenvalue weighted by molar-refractivity contribution is 5.99. The molecule has 4 aromatic rings. The van der Waals surface area contributed by atoms with Crippen LogP contribution in [0.25, 0.3) is 5.65 Å². The van der Waals surface area contributed by atoms with Crippen molar-refractivity contribution in [2.45, 2.75) is 20.0 Å². The van der Waals surface area contributed by atoms with Crippen molar-refractivity contribution in [1.29, 1.82) is 0 Å². The van der Waals surface area contributed by atoms with E-state index in [0.29, 0.717) is 35.1 Å². The topological polar surface area (TPSA) is 111 Å². The van der Waals surface area contributed by atoms with Gasteiger partial charge in [-0.3, -0.25) is 14.0 Å². The van der Waals surface area contributed by atoms with Crippen LogP contribution >= 0.6 is 0 Å². The molecule has 0 fully saturated rings. The fraction of sp³-hybridized carbons (Fsp3) is 0.154. The van der Waals surface area contributed by atoms with Crippen molar-refractivity contribution in [1.82, 2.24) is 9.38 Å². The van der Waals surface area contributed by atoms with Gasteiger partial charge in [-0.05, 0) is 48.9 Å². The number of pyridine rings is 1. The van der Waals surface area contributed by atoms with Gasteiger partial charge in [-0.1, -0.05) is 24.3 Å². The Morgan fingerprint density at radius 2 is 1.74 bits per heavy atom. The van der Waals surface area contributed by atoms with Crippen molar-refractivity contribution in [3.63, 3.8) is 0 Å². The van der Waals surface area contributed by atoms with Gasteiger partial charge in [0, 0.05) is 29.7 Å². The van der Waals surface area contributed by atoms with Crippen LogP contribution in [0.15, 0.2) is 83.8 Å². The average Bonchev–Trinajstić information content (AvgIpc) is 2.84. The van der Waals surface area contributed by atoms with E-state index < -0.39 is 6.03 Å². The summed E-state index contributed by atoms with van der Waals surface area (Å²) in [5.74, 6) is 0.220. The molecule has 2 heterocycles. The van der Waals surface area contributed by atoms with Crippen molar-refractivity contribution in [3.8, 4) is 5.75 Å². The number of esters is 1. The molecule has 0 bridgehead atoms. The Morgan fingerprint density at radius 3 is 2.54 bits per heavy atom. The standard InChI is InChI=1S/C26H24N4O5/c1-2-34-25(32)14-18-9-11-19(12-10-18)28-26(33)29-20-6-5-7-22(15-20)35-17-21-16-24(31)30-13-4-3-8-23(30)27-21/h3-13,15-16H,2,14,17H2,1H3,(H2,28,29,33). The van der Waals surface area contributed by atoms with Crippen LogP contribution in [0.2, 0.25) is 0 Å². The first-order chi connectivity index (χ1) is 17.0. The van der Waals surface area contributed by atoms with E-state index in [0.717, 1.165) is 5.56 Å². The van der Waals surface area contributed by atoms with Crippen LogP contribution in [0.4, 0.5) is 16.2 Å². The zero-order valence-corrected chi connectivity index (χ0v) is 19.1. The minimum Gasteiger partial charge on any atom is -0.487 e. The molecule has 0 atom stereocenters. The number of fused-ring (bicyclic) bond motifs is 1. The number of amides is 2. The lowest BCUT2D eigenvalue weighted by molar-refractivity contribution is -0.142. The predicted octanol–water partition coefficient (Wildman–Crippen LogP) is 4.02. The molecule has 0 aliphatic rings. The van der Waals surface area contributed by atoms with Gasteiger partial charge in [0.2, 0.25) is 0 Å². The Bertz CT molecular complexity index is 1400. The molecular weight excluding hydrogens is 448 g/mol. The SMILES string of the molecule is CCOC(=O)Cc1ccc(NC(=O)Nc2cccc(OCc3cc(=O)n4ccccc4n3)c2)cc1. The molecule has 178 valence electrons. The van der Waals surface area contributed by atoms with Gasteiger partial charge >= 0.3 is 12.0 Å². The summed E-state index contributed by atoms with van der Waals surface area (Å²) in [7, 11) is 0. The Kier molecular flexibility index (Phi) is 7.37. The number of anilines is 2. The maximum Gasteiger partial charge on any atom is 0.323 e. The monoisotopic (exact) mass is 472 g/mol. The molecule has 2 N–H and O–H groups in total. The summed E-state index contributed by atoms with van der Waals surface area (Å²) in [6.07, 6.45) is 1.84. The summed E-state index contributed by atoms with van der Waals surface area (Å²) in [6, 6.07) is 20.2. The van der Waals surface area contributed by atoms with Gasteiger partial charge in [-0.15, -0.1) is 0 Å². The first-order valence-corrected chi connectivity index (χ1v) is 11.0. The number of carbonyl (C=O) groups excluding carboxylic acids is 2. The highest BCUT2D eigenvalue weighted by Gasteiger charge is 2.07. The third-order valence-corrected chi connectivity index (χ3v) is 4.97. The summed E-state index contributed by atoms with van der Waals surface area (Å²) < 4.78 is 12.2. The van der Waals surface area contributed by atoms with E-state index in [9.17, 15) is 14.4 Å². The molecule has 4 rings (SSSR count). The predicted molar refractivity (Wildman–Crippen MR) is 132 cm³/mol. The van der Waals surface area contributed by atoms with E-state index >= 15 is 0 Å². The minimum atomic E-state index is -0.426. The number of carbonyl (C=O) groups is 2. The summed E-state index contributed by atoms with van der Waals surface area (Å²) in [5, 5.41) is 5.50. The number of nitrogens with zero attached hydrogens (tertiary/aromatic N) is 2. The zero-order valence-electron chi connectivity index (χ0n) is 19.1. The van der Waals surface area contributed by atoms with E-state index in [1.165, 1.54) is 10.5 Å². The normalized spacial score (nSPS) is 10.5. The van der Waals surface area contributed by atoms with Crippen LogP contribution in [0, 0.1) is 0 Å². The van der Waals surface area contributed by atoms with Gasteiger partial charge in [0.25, 0.3) is 5.56 Å². The van der Waals surface area contributed by atoms with Crippen LogP contribution in [0.3, 0.4) is 0 Å². The van der Waals surface area contributed by atoms with Crippen LogP contribution in [-0.4, -0.2) is 28.0 Å². The van der Waals surface area contributed by atoms with E-state index in [1.54, 1.807) is 73.8 Å². The second-order valence-electron chi connectivity index (χ2n) is 7.59. The molecule has 9 nitrogen and oxygen atoms in total. The fourth-order valence-electron chi connectivity index (χ4n) is 3.38. The molecule has 2 aromatic heterocycles. The summed E-state index contributed by atoms with van der Waals surface area (Å²) in [4.78, 5) is 40.6. The lowest BCUT2D eigenvalue weighted by Gasteiger charge is -2.11. The highest BCUT2D eigenvalue weighted by atomic mass is 16.5. The van der Waals surface area contributed by atoms with Crippen LogP contribution < -0.4 is 20.9 Å². The smallest absolute Gasteiger partial charge is 0.323 e. The molecule has 0 unspecified atom stereocenters. The number of aromatic nitrogens is 2. The highest BCUT2D eigenvalue weighted by Crippen LogP contribution is 2.19. The van der Waals surface area contributed by atoms with Gasteiger partial charge in [-0.2, -0.15) is 0 Å². The Balaban J connectivity index is 1.33. The fourth-order valence-corrected chi connectivity index (χ4v) is 3.38. The van der Waals surface area contributed by atoms with Gasteiger partial charge in [0.1, 0.15) is 18.0 Å². The number of ether oxygens (including phenoxy) is 2. The number of nitrogens with one attached hydrogen (secondary N) is 2. The number of benzene rings is 2. The lowest BCUT2D eigenvalue weighted by Crippen LogP contribution is -2.19. The lowest BCUT2D eigenvalue weighted by atomic mass is 10.1. The van der Waals surface area contributed by atoms with E-state index in [2.05, 4.69) is 15.6 Å². The Labute approximate surface area is 201 Å². The first kappa shape index (κ1) is 23.5. The third kappa shape index (κ3) is 6.44. The number of urea groups is 1. The maximum atomic E-state index is 12.4. The number of hydrogen-bond acceptors (Lipinski definition) is 6. The Morgan fingerprint density at radius 1 is 0.943 bits per heavy atom. The minimum absolute atomic E-state index is 0.106. The van der Waals surface area contributed by atoms with Crippen LogP contribution in [-0.2, 0) is 22.6 Å². The molecule has 0 aliphatic carbocycles. The number of hydrogen-bond donors (Lipinski definition) is 2. The second-order valence-corrected chi connectivity index (χ2v) is 7.59. The zero-order chi connectivity index (χ0) is 24.6. The third-order valence-electron chi connectivity index (χ3n) is 4.97. The first-order valence-electron chi connectivity index (χ1n) is 11.0. The van der Waals surface area contributed by atoms with Crippen molar-refractivity contribution in [3.05, 3.63) is 101 Å². The van der Waals surface area contributed by atoms with Gasteiger partial charge in [-0.25, -0.2) is 9.78 Å². The molecule has 2 amide bonds. The van der Waals surface area contributed by atoms with Crippen LogP contribution in [0.1, 0.15) is 18.2 Å². The van der Waals surface area contributed by atoms with Crippen molar-refractivity contribution < 1.29 is 19.1 Å². The van der Waals surface area contributed by atoms with E-state index in [1.807, 2.05) is 6.07 Å². The van der Waals surface area contributed by atoms with E-state index in [4.69, 9.17) is 9.47 Å². The molecule has 0 radical (unpaired) electrons. The molecule has 35 heavy (non-hydrogen) atoms. The number of rotatable bonds is 8. The Hall–Kier alpha value is -4.66. The maximum absolute atomic E-state index is 12.4. The average molecular weight is 473 g/mol. The summed E-state index contributed by atoms with van der Waals surface area (Å²) in [6.45, 7) is 2.20. The van der Waals surface area contributed by atoms with Crippen molar-refractivity contribution in [2.75, 3.05) is 17.2 Å². The van der Waals surface area contributed by atoms with Crippen molar-refractivity contribution in [2.24, 2.45) is 0 Å². The van der Waals surface area contributed by atoms with Crippen LogP contribution in [0.5, 0.6) is 5.75 Å². The molecule has 0 spiro atoms. The quantitative estimate of drug-likeness (QED) is 0.375. The molecule has 0 saturated heterocycles. The van der Waals surface area contributed by atoms with Gasteiger partial charge < -0.3 is 20.1 Å². The molecule has 0 saturated carbocycles. The molecule has 0 aliphatic heterocycles. The summed E-state index contributed by atoms with van der Waals surface area (Å²) >= 11 is 0. The molecule has 2 aromatic carbocycles. The van der Waals surface area contributed by atoms with Gasteiger partial charge in [0.05, 0.1) is 18.7 Å². The molecule has 9 heteroatoms. The van der Waals surface area contributed by atoms with E-state index in [-0.39, 0.29) is 24.6 Å². The van der Waals surface area contributed by atoms with Gasteiger partial charge in [0.15, 0.2) is 0 Å². The molecular formula is C26H24N4O5. The largest absolute Gasteiger partial charge is 0.487 e. The summed E-state index contributed by atoms with van der Waals surface area (Å²) in [5.41, 5.74) is 2.77. The second kappa shape index (κ2) is 11.0. The van der Waals surface area contributed by atoms with Crippen molar-refractivity contribution >= 4 is 29.0 Å².